The number of benzene rings is 2. The predicted octanol–water partition coefficient (Wildman–Crippen LogP) is 1.38. The van der Waals surface area contributed by atoms with E-state index in [0.29, 0.717) is 12.0 Å². The number of carboxylic acid groups (broad SMARTS) is 1. The van der Waals surface area contributed by atoms with Crippen molar-refractivity contribution in [3.05, 3.63) is 59.7 Å². The van der Waals surface area contributed by atoms with Crippen LogP contribution in [0, 0.1) is 6.92 Å². The van der Waals surface area contributed by atoms with Crippen LogP contribution < -0.4 is 10.1 Å². The lowest BCUT2D eigenvalue weighted by Crippen LogP contribution is -2.51. The summed E-state index contributed by atoms with van der Waals surface area (Å²) in [5.41, 5.74) is 1.46. The first-order valence-corrected chi connectivity index (χ1v) is 13.2. The normalized spacial score (nSPS) is 16.7. The van der Waals surface area contributed by atoms with Crippen molar-refractivity contribution in [1.29, 1.82) is 0 Å². The van der Waals surface area contributed by atoms with Gasteiger partial charge in [0.15, 0.2) is 0 Å². The number of ether oxygens (including phenoxy) is 1. The van der Waals surface area contributed by atoms with Crippen molar-refractivity contribution in [2.75, 3.05) is 26.7 Å². The molecule has 0 saturated carbocycles. The lowest BCUT2D eigenvalue weighted by Gasteiger charge is -2.25. The van der Waals surface area contributed by atoms with Crippen molar-refractivity contribution < 1.29 is 37.8 Å². The van der Waals surface area contributed by atoms with Gasteiger partial charge in [0.05, 0.1) is 11.5 Å². The Balaban J connectivity index is 1.66. The average molecular weight is 534 g/mol. The van der Waals surface area contributed by atoms with Crippen molar-refractivity contribution in [3.8, 4) is 5.75 Å². The van der Waals surface area contributed by atoms with E-state index in [1.807, 2.05) is 6.92 Å². The van der Waals surface area contributed by atoms with E-state index < -0.39 is 40.1 Å². The minimum atomic E-state index is -3.92. The third-order valence-corrected chi connectivity index (χ3v) is 7.99. The standard InChI is InChI=1S/C25H31N3O8S/c1-17-5-11-20(12-6-17)37(34,35)28-13-3-4-22(28)23(30)26-21(24(31)32)16-18-7-9-19(10-8-18)36-25(33)27(2)14-15-29/h5-12,21-22,29H,3-4,13-16H2,1-2H3,(H,26,30)(H,31,32). The molecule has 2 aromatic carbocycles. The van der Waals surface area contributed by atoms with Crippen LogP contribution in [0.5, 0.6) is 5.75 Å². The van der Waals surface area contributed by atoms with E-state index in [0.717, 1.165) is 9.87 Å². The monoisotopic (exact) mass is 533 g/mol. The van der Waals surface area contributed by atoms with Crippen molar-refractivity contribution >= 4 is 28.0 Å². The zero-order valence-corrected chi connectivity index (χ0v) is 21.5. The van der Waals surface area contributed by atoms with Crippen molar-refractivity contribution in [1.82, 2.24) is 14.5 Å². The maximum absolute atomic E-state index is 13.1. The fraction of sp³-hybridized carbons (Fsp3) is 0.400. The molecule has 1 heterocycles. The molecule has 3 rings (SSSR count). The van der Waals surface area contributed by atoms with Crippen molar-refractivity contribution in [2.45, 2.75) is 43.2 Å². The molecule has 2 atom stereocenters. The zero-order chi connectivity index (χ0) is 27.2. The van der Waals surface area contributed by atoms with E-state index >= 15 is 0 Å². The van der Waals surface area contributed by atoms with Crippen LogP contribution in [0.15, 0.2) is 53.4 Å². The molecule has 1 fully saturated rings. The van der Waals surface area contributed by atoms with E-state index in [4.69, 9.17) is 9.84 Å². The Morgan fingerprint density at radius 2 is 1.78 bits per heavy atom. The number of carbonyl (C=O) groups excluding carboxylic acids is 2. The third-order valence-electron chi connectivity index (χ3n) is 6.06. The predicted molar refractivity (Wildman–Crippen MR) is 134 cm³/mol. The second-order valence-corrected chi connectivity index (χ2v) is 10.7. The fourth-order valence-corrected chi connectivity index (χ4v) is 5.61. The first-order chi connectivity index (χ1) is 17.5. The first kappa shape index (κ1) is 28.1. The minimum absolute atomic E-state index is 0.0584. The molecule has 200 valence electrons. The molecule has 2 unspecified atom stereocenters. The molecule has 0 radical (unpaired) electrons. The van der Waals surface area contributed by atoms with E-state index in [9.17, 15) is 27.9 Å². The molecule has 0 bridgehead atoms. The molecule has 1 aliphatic heterocycles. The van der Waals surface area contributed by atoms with Crippen LogP contribution in [0.1, 0.15) is 24.0 Å². The number of rotatable bonds is 10. The number of aliphatic hydroxyl groups excluding tert-OH is 1. The van der Waals surface area contributed by atoms with Crippen LogP contribution in [-0.4, -0.2) is 84.6 Å². The van der Waals surface area contributed by atoms with Gasteiger partial charge < -0.3 is 25.2 Å². The topological polar surface area (TPSA) is 154 Å². The Morgan fingerprint density at radius 1 is 1.14 bits per heavy atom. The maximum atomic E-state index is 13.1. The van der Waals surface area contributed by atoms with Gasteiger partial charge in [0, 0.05) is 26.6 Å². The van der Waals surface area contributed by atoms with Crippen molar-refractivity contribution in [3.63, 3.8) is 0 Å². The molecule has 0 spiro atoms. The van der Waals surface area contributed by atoms with E-state index in [1.165, 1.54) is 36.2 Å². The third kappa shape index (κ3) is 7.06. The molecule has 1 aliphatic rings. The Labute approximate surface area is 215 Å². The highest BCUT2D eigenvalue weighted by molar-refractivity contribution is 7.89. The number of sulfonamides is 1. The highest BCUT2D eigenvalue weighted by Crippen LogP contribution is 2.26. The minimum Gasteiger partial charge on any atom is -0.480 e. The summed E-state index contributed by atoms with van der Waals surface area (Å²) in [6.07, 6.45) is 0.0546. The van der Waals surface area contributed by atoms with Gasteiger partial charge in [-0.3, -0.25) is 4.79 Å². The average Bonchev–Trinajstić information content (AvgIpc) is 3.36. The van der Waals surface area contributed by atoms with Gasteiger partial charge in [-0.05, 0) is 49.6 Å². The Morgan fingerprint density at radius 3 is 2.38 bits per heavy atom. The highest BCUT2D eigenvalue weighted by Gasteiger charge is 2.40. The molecule has 2 amide bonds. The van der Waals surface area contributed by atoms with Gasteiger partial charge in [0.25, 0.3) is 0 Å². The number of nitrogens with one attached hydrogen (secondary N) is 1. The molecular formula is C25H31N3O8S. The summed E-state index contributed by atoms with van der Waals surface area (Å²) < 4.78 is 32.6. The summed E-state index contributed by atoms with van der Waals surface area (Å²) >= 11 is 0. The van der Waals surface area contributed by atoms with Crippen LogP contribution in [0.3, 0.4) is 0 Å². The summed E-state index contributed by atoms with van der Waals surface area (Å²) in [6.45, 7) is 1.91. The summed E-state index contributed by atoms with van der Waals surface area (Å²) in [5, 5.41) is 21.1. The lowest BCUT2D eigenvalue weighted by atomic mass is 10.1. The summed E-state index contributed by atoms with van der Waals surface area (Å²) in [4.78, 5) is 38.1. The van der Waals surface area contributed by atoms with Gasteiger partial charge in [-0.1, -0.05) is 29.8 Å². The number of carbonyl (C=O) groups is 3. The lowest BCUT2D eigenvalue weighted by molar-refractivity contribution is -0.142. The molecular weight excluding hydrogens is 502 g/mol. The smallest absolute Gasteiger partial charge is 0.415 e. The van der Waals surface area contributed by atoms with Gasteiger partial charge >= 0.3 is 12.1 Å². The number of aryl methyl sites for hydroxylation is 1. The number of likely N-dealkylation sites (N-methyl/N-ethyl adjacent to an activating group) is 1. The van der Waals surface area contributed by atoms with Crippen LogP contribution >= 0.6 is 0 Å². The zero-order valence-electron chi connectivity index (χ0n) is 20.7. The van der Waals surface area contributed by atoms with Crippen LogP contribution in [-0.2, 0) is 26.0 Å². The number of nitrogens with zero attached hydrogens (tertiary/aromatic N) is 2. The van der Waals surface area contributed by atoms with Gasteiger partial charge in [-0.25, -0.2) is 18.0 Å². The number of hydrogen-bond donors (Lipinski definition) is 3. The van der Waals surface area contributed by atoms with Gasteiger partial charge in [-0.15, -0.1) is 0 Å². The molecule has 37 heavy (non-hydrogen) atoms. The Kier molecular flexibility index (Phi) is 9.24. The molecule has 2 aromatic rings. The summed E-state index contributed by atoms with van der Waals surface area (Å²) in [5.74, 6) is -1.70. The SMILES string of the molecule is Cc1ccc(S(=O)(=O)N2CCCC2C(=O)NC(Cc2ccc(OC(=O)N(C)CCO)cc2)C(=O)O)cc1. The summed E-state index contributed by atoms with van der Waals surface area (Å²) in [7, 11) is -2.45. The number of amides is 2. The Hall–Kier alpha value is -3.48. The molecule has 12 heteroatoms. The van der Waals surface area contributed by atoms with Crippen LogP contribution in [0.4, 0.5) is 4.79 Å². The molecule has 1 saturated heterocycles. The number of aliphatic carboxylic acids is 1. The molecule has 11 nitrogen and oxygen atoms in total. The largest absolute Gasteiger partial charge is 0.480 e. The fourth-order valence-electron chi connectivity index (χ4n) is 3.95. The summed E-state index contributed by atoms with van der Waals surface area (Å²) in [6, 6.07) is 10.2. The van der Waals surface area contributed by atoms with E-state index in [2.05, 4.69) is 5.32 Å². The second kappa shape index (κ2) is 12.2. The molecule has 3 N–H and O–H groups in total. The second-order valence-electron chi connectivity index (χ2n) is 8.85. The number of carboxylic acids is 1. The van der Waals surface area contributed by atoms with Crippen LogP contribution in [0.2, 0.25) is 0 Å². The van der Waals surface area contributed by atoms with Gasteiger partial charge in [0.1, 0.15) is 17.8 Å². The first-order valence-electron chi connectivity index (χ1n) is 11.8. The molecule has 0 aromatic heterocycles. The van der Waals surface area contributed by atoms with E-state index in [1.54, 1.807) is 24.3 Å². The van der Waals surface area contributed by atoms with E-state index in [-0.39, 0.29) is 43.2 Å². The highest BCUT2D eigenvalue weighted by atomic mass is 32.2. The van der Waals surface area contributed by atoms with Crippen molar-refractivity contribution in [2.24, 2.45) is 0 Å². The van der Waals surface area contributed by atoms with Gasteiger partial charge in [-0.2, -0.15) is 4.31 Å². The van der Waals surface area contributed by atoms with Gasteiger partial charge in [0.2, 0.25) is 15.9 Å². The Bertz CT molecular complexity index is 1220. The quantitative estimate of drug-likeness (QED) is 0.414. The number of hydrogen-bond acceptors (Lipinski definition) is 7. The maximum Gasteiger partial charge on any atom is 0.415 e. The molecule has 0 aliphatic carbocycles. The van der Waals surface area contributed by atoms with Crippen LogP contribution in [0.25, 0.3) is 0 Å². The number of aliphatic hydroxyl groups is 1.